The van der Waals surface area contributed by atoms with Crippen LogP contribution in [-0.2, 0) is 4.79 Å². The van der Waals surface area contributed by atoms with Crippen molar-refractivity contribution in [2.24, 2.45) is 0 Å². The minimum Gasteiger partial charge on any atom is -0.343 e. The van der Waals surface area contributed by atoms with Crippen molar-refractivity contribution in [3.05, 3.63) is 63.0 Å². The number of hydrogen-bond acceptors (Lipinski definition) is 5. The number of amides is 2. The fourth-order valence-electron chi connectivity index (χ4n) is 3.94. The smallest absolute Gasteiger partial charge is 0.252 e. The number of carbonyl (C=O) groups is 2. The van der Waals surface area contributed by atoms with E-state index in [0.29, 0.717) is 16.6 Å². The number of hydrogen-bond donors (Lipinski definition) is 2. The first-order valence-electron chi connectivity index (χ1n) is 11.3. The minimum atomic E-state index is -0.335. The molecule has 0 saturated carbocycles. The monoisotopic (exact) mass is 475 g/mol. The zero-order valence-electron chi connectivity index (χ0n) is 20.3. The molecule has 0 saturated heterocycles. The van der Waals surface area contributed by atoms with Crippen LogP contribution >= 0.6 is 11.3 Å². The number of thiophene rings is 1. The zero-order chi connectivity index (χ0) is 24.6. The highest BCUT2D eigenvalue weighted by Gasteiger charge is 2.20. The molecule has 0 aliphatic heterocycles. The average Bonchev–Trinajstić information content (AvgIpc) is 3.37. The lowest BCUT2D eigenvalue weighted by Gasteiger charge is -2.12. The van der Waals surface area contributed by atoms with Crippen LogP contribution in [0.15, 0.2) is 36.5 Å². The van der Waals surface area contributed by atoms with E-state index in [1.807, 2.05) is 50.6 Å². The number of nitrogens with one attached hydrogen (secondary N) is 2. The van der Waals surface area contributed by atoms with E-state index in [1.54, 1.807) is 23.6 Å². The number of aryl methyl sites for hydroxylation is 3. The maximum absolute atomic E-state index is 13.2. The Labute approximate surface area is 203 Å². The number of carbonyl (C=O) groups excluding carboxylic acids is 2. The number of rotatable bonds is 6. The molecule has 3 heterocycles. The van der Waals surface area contributed by atoms with Gasteiger partial charge in [-0.15, -0.1) is 11.3 Å². The van der Waals surface area contributed by atoms with Crippen molar-refractivity contribution in [2.45, 2.75) is 47.6 Å². The topological polar surface area (TPSA) is 88.9 Å². The van der Waals surface area contributed by atoms with Gasteiger partial charge in [-0.05, 0) is 70.9 Å². The summed E-state index contributed by atoms with van der Waals surface area (Å²) in [4.78, 5) is 33.0. The maximum atomic E-state index is 13.2. The summed E-state index contributed by atoms with van der Waals surface area (Å²) in [7, 11) is 0. The number of benzene rings is 1. The molecule has 1 aromatic carbocycles. The summed E-state index contributed by atoms with van der Waals surface area (Å²) in [6, 6.07) is 9.71. The molecule has 0 unspecified atom stereocenters. The quantitative estimate of drug-likeness (QED) is 0.394. The fraction of sp³-hybridized carbons (Fsp3) is 0.308. The molecule has 3 aromatic heterocycles. The van der Waals surface area contributed by atoms with E-state index in [4.69, 9.17) is 4.98 Å². The van der Waals surface area contributed by atoms with Crippen molar-refractivity contribution in [3.63, 3.8) is 0 Å². The molecule has 4 rings (SSSR count). The summed E-state index contributed by atoms with van der Waals surface area (Å²) in [5.41, 5.74) is 5.67. The van der Waals surface area contributed by atoms with E-state index in [2.05, 4.69) is 35.6 Å². The molecule has 2 N–H and O–H groups in total. The molecular weight excluding hydrogens is 446 g/mol. The number of fused-ring (bicyclic) bond motifs is 1. The minimum absolute atomic E-state index is 0.0878. The lowest BCUT2D eigenvalue weighted by molar-refractivity contribution is -0.115. The third-order valence-electron chi connectivity index (χ3n) is 5.91. The highest BCUT2D eigenvalue weighted by molar-refractivity contribution is 7.12. The summed E-state index contributed by atoms with van der Waals surface area (Å²) in [5, 5.41) is 10.8. The Bertz CT molecular complexity index is 1400. The molecule has 0 aliphatic carbocycles. The Morgan fingerprint density at radius 2 is 1.88 bits per heavy atom. The van der Waals surface area contributed by atoms with Crippen molar-refractivity contribution >= 4 is 39.9 Å². The van der Waals surface area contributed by atoms with Gasteiger partial charge >= 0.3 is 0 Å². The molecular formula is C26H29N5O2S. The molecule has 34 heavy (non-hydrogen) atoms. The van der Waals surface area contributed by atoms with Gasteiger partial charge in [0.15, 0.2) is 5.65 Å². The van der Waals surface area contributed by atoms with Gasteiger partial charge in [-0.25, -0.2) is 9.67 Å². The number of aromatic nitrogens is 3. The highest BCUT2D eigenvalue weighted by Crippen LogP contribution is 2.32. The van der Waals surface area contributed by atoms with Crippen LogP contribution in [0.3, 0.4) is 0 Å². The molecule has 8 heteroatoms. The largest absolute Gasteiger partial charge is 0.343 e. The van der Waals surface area contributed by atoms with Gasteiger partial charge in [0.25, 0.3) is 5.91 Å². The second kappa shape index (κ2) is 9.38. The van der Waals surface area contributed by atoms with Crippen LogP contribution in [-0.4, -0.2) is 33.1 Å². The SMILES string of the molecule is Cc1cc(-c2cc(C(=O)NCC(=O)Nc3cccc(C)c3C)c3cnn(C(C)C)c3n2)c(C)s1. The molecule has 0 spiro atoms. The van der Waals surface area contributed by atoms with Gasteiger partial charge in [-0.3, -0.25) is 9.59 Å². The Morgan fingerprint density at radius 1 is 1.12 bits per heavy atom. The molecule has 176 valence electrons. The predicted octanol–water partition coefficient (Wildman–Crippen LogP) is 5.34. The van der Waals surface area contributed by atoms with Crippen LogP contribution in [0.1, 0.15) is 51.1 Å². The molecule has 7 nitrogen and oxygen atoms in total. The lowest BCUT2D eigenvalue weighted by atomic mass is 10.1. The lowest BCUT2D eigenvalue weighted by Crippen LogP contribution is -2.33. The van der Waals surface area contributed by atoms with Gasteiger partial charge < -0.3 is 10.6 Å². The van der Waals surface area contributed by atoms with Gasteiger partial charge in [-0.1, -0.05) is 12.1 Å². The van der Waals surface area contributed by atoms with E-state index in [1.165, 1.54) is 4.88 Å². The van der Waals surface area contributed by atoms with E-state index in [-0.39, 0.29) is 24.4 Å². The first-order chi connectivity index (χ1) is 16.2. The van der Waals surface area contributed by atoms with Gasteiger partial charge in [0.2, 0.25) is 5.91 Å². The van der Waals surface area contributed by atoms with E-state index in [9.17, 15) is 9.59 Å². The van der Waals surface area contributed by atoms with Crippen LogP contribution in [0.25, 0.3) is 22.3 Å². The maximum Gasteiger partial charge on any atom is 0.252 e. The predicted molar refractivity (Wildman–Crippen MR) is 138 cm³/mol. The molecule has 0 atom stereocenters. The van der Waals surface area contributed by atoms with Crippen LogP contribution < -0.4 is 10.6 Å². The summed E-state index contributed by atoms with van der Waals surface area (Å²) in [6.45, 7) is 12.0. The summed E-state index contributed by atoms with van der Waals surface area (Å²) in [6.07, 6.45) is 1.67. The van der Waals surface area contributed by atoms with Crippen molar-refractivity contribution in [3.8, 4) is 11.3 Å². The Kier molecular flexibility index (Phi) is 6.52. The average molecular weight is 476 g/mol. The Hall–Kier alpha value is -3.52. The van der Waals surface area contributed by atoms with Crippen LogP contribution in [0.4, 0.5) is 5.69 Å². The summed E-state index contributed by atoms with van der Waals surface area (Å²) in [5.74, 6) is -0.618. The number of pyridine rings is 1. The van der Waals surface area contributed by atoms with Crippen LogP contribution in [0, 0.1) is 27.7 Å². The highest BCUT2D eigenvalue weighted by atomic mass is 32.1. The Morgan fingerprint density at radius 3 is 2.56 bits per heavy atom. The van der Waals surface area contributed by atoms with Gasteiger partial charge in [-0.2, -0.15) is 5.10 Å². The second-order valence-electron chi connectivity index (χ2n) is 8.78. The van der Waals surface area contributed by atoms with E-state index >= 15 is 0 Å². The van der Waals surface area contributed by atoms with Crippen molar-refractivity contribution < 1.29 is 9.59 Å². The standard InChI is InChI=1S/C26H29N5O2S/c1-14(2)31-25-21(12-28-31)20(11-23(30-25)19-10-16(4)34-18(19)6)26(33)27-13-24(32)29-22-9-7-8-15(3)17(22)5/h7-12,14H,13H2,1-6H3,(H,27,33)(H,29,32). The summed E-state index contributed by atoms with van der Waals surface area (Å²) < 4.78 is 1.82. The van der Waals surface area contributed by atoms with E-state index in [0.717, 1.165) is 32.9 Å². The number of nitrogens with zero attached hydrogens (tertiary/aromatic N) is 3. The molecule has 2 amide bonds. The molecule has 4 aromatic rings. The molecule has 0 bridgehead atoms. The Balaban J connectivity index is 1.63. The molecule has 0 radical (unpaired) electrons. The van der Waals surface area contributed by atoms with Gasteiger partial charge in [0.05, 0.1) is 29.4 Å². The van der Waals surface area contributed by atoms with Crippen LogP contribution in [0.5, 0.6) is 0 Å². The third-order valence-corrected chi connectivity index (χ3v) is 6.87. The van der Waals surface area contributed by atoms with Crippen molar-refractivity contribution in [2.75, 3.05) is 11.9 Å². The molecule has 0 fully saturated rings. The van der Waals surface area contributed by atoms with Crippen LogP contribution in [0.2, 0.25) is 0 Å². The zero-order valence-corrected chi connectivity index (χ0v) is 21.1. The van der Waals surface area contributed by atoms with Crippen molar-refractivity contribution in [1.29, 1.82) is 0 Å². The van der Waals surface area contributed by atoms with Crippen molar-refractivity contribution in [1.82, 2.24) is 20.1 Å². The van der Waals surface area contributed by atoms with Gasteiger partial charge in [0.1, 0.15) is 0 Å². The first-order valence-corrected chi connectivity index (χ1v) is 12.1. The number of anilines is 1. The fourth-order valence-corrected chi connectivity index (χ4v) is 4.88. The third kappa shape index (κ3) is 4.59. The van der Waals surface area contributed by atoms with E-state index < -0.39 is 0 Å². The second-order valence-corrected chi connectivity index (χ2v) is 10.2. The molecule has 0 aliphatic rings. The normalized spacial score (nSPS) is 11.3. The van der Waals surface area contributed by atoms with Gasteiger partial charge in [0, 0.05) is 27.0 Å². The first kappa shape index (κ1) is 23.6. The summed E-state index contributed by atoms with van der Waals surface area (Å²) >= 11 is 1.70.